The number of aryl methyl sites for hydroxylation is 1. The van der Waals surface area contributed by atoms with Crippen molar-refractivity contribution in [1.82, 2.24) is 24.5 Å². The summed E-state index contributed by atoms with van der Waals surface area (Å²) in [5, 5.41) is 21.7. The maximum absolute atomic E-state index is 10.7. The lowest BCUT2D eigenvalue weighted by Crippen LogP contribution is -2.23. The van der Waals surface area contributed by atoms with Gasteiger partial charge in [0.05, 0.1) is 17.7 Å². The van der Waals surface area contributed by atoms with Crippen molar-refractivity contribution in [3.63, 3.8) is 0 Å². The zero-order chi connectivity index (χ0) is 10.1. The molecule has 0 radical (unpaired) electrons. The molecule has 72 valence electrons. The van der Waals surface area contributed by atoms with E-state index in [0.717, 1.165) is 0 Å². The van der Waals surface area contributed by atoms with Crippen molar-refractivity contribution in [2.45, 2.75) is 0 Å². The number of rotatable bonds is 2. The summed E-state index contributed by atoms with van der Waals surface area (Å²) in [6.07, 6.45) is 4.01. The van der Waals surface area contributed by atoms with E-state index in [0.29, 0.717) is 5.82 Å². The highest BCUT2D eigenvalue weighted by molar-refractivity contribution is 5.89. The van der Waals surface area contributed by atoms with Crippen molar-refractivity contribution in [2.75, 3.05) is 0 Å². The summed E-state index contributed by atoms with van der Waals surface area (Å²) < 4.78 is 2.87. The number of carboxylic acid groups (broad SMARTS) is 1. The van der Waals surface area contributed by atoms with Gasteiger partial charge in [-0.3, -0.25) is 9.25 Å². The first-order valence-electron chi connectivity index (χ1n) is 3.78. The first kappa shape index (κ1) is 8.42. The van der Waals surface area contributed by atoms with E-state index in [1.807, 2.05) is 0 Å². The van der Waals surface area contributed by atoms with E-state index < -0.39 is 5.97 Å². The smallest absolute Gasteiger partial charge is 0.146 e. The highest BCUT2D eigenvalue weighted by Crippen LogP contribution is 2.10. The Labute approximate surface area is 78.6 Å². The van der Waals surface area contributed by atoms with Crippen LogP contribution in [0.2, 0.25) is 0 Å². The zero-order valence-corrected chi connectivity index (χ0v) is 7.28. The Bertz CT molecular complexity index is 458. The Hall–Kier alpha value is -2.18. The fourth-order valence-corrected chi connectivity index (χ4v) is 1.19. The Kier molecular flexibility index (Phi) is 1.77. The molecule has 7 nitrogen and oxygen atoms in total. The lowest BCUT2D eigenvalue weighted by Gasteiger charge is -2.05. The largest absolute Gasteiger partial charge is 0.545 e. The minimum Gasteiger partial charge on any atom is -0.545 e. The number of hydrogen-bond acceptors (Lipinski definition) is 5. The van der Waals surface area contributed by atoms with Gasteiger partial charge in [0.25, 0.3) is 0 Å². The van der Waals surface area contributed by atoms with Crippen LogP contribution in [0.4, 0.5) is 0 Å². The summed E-state index contributed by atoms with van der Waals surface area (Å²) in [5.41, 5.74) is 0.00676. The highest BCUT2D eigenvalue weighted by atomic mass is 16.4. The van der Waals surface area contributed by atoms with Crippen molar-refractivity contribution in [3.8, 4) is 5.82 Å². The quantitative estimate of drug-likeness (QED) is 0.569. The van der Waals surface area contributed by atoms with Gasteiger partial charge in [-0.1, -0.05) is 0 Å². The van der Waals surface area contributed by atoms with E-state index in [-0.39, 0.29) is 5.56 Å². The fourth-order valence-electron chi connectivity index (χ4n) is 1.19. The second-order valence-electron chi connectivity index (χ2n) is 2.66. The minimum absolute atomic E-state index is 0.00676. The molecule has 0 aliphatic rings. The molecule has 7 heteroatoms. The SMILES string of the molecule is Cn1ncc(C(=O)[O-])c1-n1cnnc1. The maximum atomic E-state index is 10.7. The van der Waals surface area contributed by atoms with E-state index in [1.165, 1.54) is 28.1 Å². The number of aromatic carboxylic acids is 1. The second-order valence-corrected chi connectivity index (χ2v) is 2.66. The third-order valence-electron chi connectivity index (χ3n) is 1.79. The van der Waals surface area contributed by atoms with Crippen LogP contribution in [0.25, 0.3) is 5.82 Å². The van der Waals surface area contributed by atoms with E-state index in [4.69, 9.17) is 0 Å². The lowest BCUT2D eigenvalue weighted by atomic mass is 10.3. The first-order valence-corrected chi connectivity index (χ1v) is 3.78. The van der Waals surface area contributed by atoms with Crippen molar-refractivity contribution in [1.29, 1.82) is 0 Å². The predicted molar refractivity (Wildman–Crippen MR) is 42.5 cm³/mol. The van der Waals surface area contributed by atoms with Gasteiger partial charge in [0.2, 0.25) is 0 Å². The van der Waals surface area contributed by atoms with Gasteiger partial charge in [-0.05, 0) is 0 Å². The van der Waals surface area contributed by atoms with Crippen LogP contribution in [-0.2, 0) is 7.05 Å². The molecule has 0 aliphatic carbocycles. The van der Waals surface area contributed by atoms with Crippen LogP contribution in [-0.4, -0.2) is 30.5 Å². The first-order chi connectivity index (χ1) is 6.70. The van der Waals surface area contributed by atoms with Crippen LogP contribution >= 0.6 is 0 Å². The Morgan fingerprint density at radius 3 is 2.64 bits per heavy atom. The Morgan fingerprint density at radius 1 is 1.43 bits per heavy atom. The van der Waals surface area contributed by atoms with Gasteiger partial charge >= 0.3 is 0 Å². The van der Waals surface area contributed by atoms with Gasteiger partial charge in [-0.2, -0.15) is 5.10 Å². The molecule has 0 atom stereocenters. The lowest BCUT2D eigenvalue weighted by molar-refractivity contribution is -0.255. The molecule has 0 fully saturated rings. The van der Waals surface area contributed by atoms with E-state index in [1.54, 1.807) is 7.05 Å². The number of nitrogens with zero attached hydrogens (tertiary/aromatic N) is 5. The molecule has 0 spiro atoms. The van der Waals surface area contributed by atoms with Crippen molar-refractivity contribution in [3.05, 3.63) is 24.4 Å². The third-order valence-corrected chi connectivity index (χ3v) is 1.79. The Morgan fingerprint density at radius 2 is 2.07 bits per heavy atom. The van der Waals surface area contributed by atoms with Crippen molar-refractivity contribution in [2.24, 2.45) is 7.05 Å². The molecular weight excluding hydrogens is 186 g/mol. The molecule has 14 heavy (non-hydrogen) atoms. The number of carbonyl (C=O) groups is 1. The fraction of sp³-hybridized carbons (Fsp3) is 0.143. The molecule has 0 saturated carbocycles. The molecule has 0 saturated heterocycles. The summed E-state index contributed by atoms with van der Waals surface area (Å²) >= 11 is 0. The average Bonchev–Trinajstić information content (AvgIpc) is 2.71. The standard InChI is InChI=1S/C7H7N5O2/c1-11-6(12-3-8-9-4-12)5(2-10-11)7(13)14/h2-4H,1H3,(H,13,14)/p-1. The minimum atomic E-state index is -1.28. The summed E-state index contributed by atoms with van der Waals surface area (Å²) in [4.78, 5) is 10.7. The molecule has 0 N–H and O–H groups in total. The molecule has 0 amide bonds. The normalized spacial score (nSPS) is 10.4. The van der Waals surface area contributed by atoms with Crippen LogP contribution in [0.1, 0.15) is 10.4 Å². The summed E-state index contributed by atoms with van der Waals surface area (Å²) in [7, 11) is 1.63. The van der Waals surface area contributed by atoms with E-state index >= 15 is 0 Å². The van der Waals surface area contributed by atoms with Crippen LogP contribution < -0.4 is 5.11 Å². The molecule has 2 rings (SSSR count). The molecule has 0 aromatic carbocycles. The zero-order valence-electron chi connectivity index (χ0n) is 7.28. The topological polar surface area (TPSA) is 88.7 Å². The number of hydrogen-bond donors (Lipinski definition) is 0. The van der Waals surface area contributed by atoms with Gasteiger partial charge < -0.3 is 9.90 Å². The van der Waals surface area contributed by atoms with Gasteiger partial charge in [-0.25, -0.2) is 0 Å². The van der Waals surface area contributed by atoms with Gasteiger partial charge in [0.1, 0.15) is 18.5 Å². The van der Waals surface area contributed by atoms with Crippen LogP contribution in [0.15, 0.2) is 18.9 Å². The molecule has 2 aromatic heterocycles. The van der Waals surface area contributed by atoms with Gasteiger partial charge in [0.15, 0.2) is 0 Å². The van der Waals surface area contributed by atoms with E-state index in [9.17, 15) is 9.90 Å². The second kappa shape index (κ2) is 2.95. The van der Waals surface area contributed by atoms with Crippen LogP contribution in [0.5, 0.6) is 0 Å². The molecular formula is C7H6N5O2-. The third kappa shape index (κ3) is 1.15. The van der Waals surface area contributed by atoms with E-state index in [2.05, 4.69) is 15.3 Å². The number of carboxylic acids is 1. The van der Waals surface area contributed by atoms with Gasteiger partial charge in [-0.15, -0.1) is 10.2 Å². The molecule has 0 bridgehead atoms. The predicted octanol–water partition coefficient (Wildman–Crippen LogP) is -1.64. The van der Waals surface area contributed by atoms with Crippen LogP contribution in [0.3, 0.4) is 0 Å². The number of aromatic nitrogens is 5. The van der Waals surface area contributed by atoms with Crippen LogP contribution in [0, 0.1) is 0 Å². The molecule has 2 heterocycles. The molecule has 0 aliphatic heterocycles. The Balaban J connectivity index is 2.62. The summed E-state index contributed by atoms with van der Waals surface area (Å²) in [6, 6.07) is 0. The average molecular weight is 192 g/mol. The number of carbonyl (C=O) groups excluding carboxylic acids is 1. The summed E-state index contributed by atoms with van der Waals surface area (Å²) in [6.45, 7) is 0. The molecule has 0 unspecified atom stereocenters. The molecule has 2 aromatic rings. The summed E-state index contributed by atoms with van der Waals surface area (Å²) in [5.74, 6) is -0.906. The highest BCUT2D eigenvalue weighted by Gasteiger charge is 2.10. The monoisotopic (exact) mass is 192 g/mol. The maximum Gasteiger partial charge on any atom is 0.146 e. The van der Waals surface area contributed by atoms with Crippen molar-refractivity contribution < 1.29 is 9.90 Å². The van der Waals surface area contributed by atoms with Crippen molar-refractivity contribution >= 4 is 5.97 Å². The van der Waals surface area contributed by atoms with Gasteiger partial charge in [0, 0.05) is 7.05 Å².